The number of methoxy groups -OCH3 is 1. The molecule has 1 aliphatic heterocycles. The molecule has 6 nitrogen and oxygen atoms in total. The van der Waals surface area contributed by atoms with Crippen LogP contribution in [-0.2, 0) is 9.47 Å². The lowest BCUT2D eigenvalue weighted by molar-refractivity contribution is 0.0365. The fraction of sp³-hybridized carbons (Fsp3) is 0.600. The van der Waals surface area contributed by atoms with Crippen LogP contribution in [0.15, 0.2) is 18.3 Å². The highest BCUT2D eigenvalue weighted by atomic mass is 16.5. The summed E-state index contributed by atoms with van der Waals surface area (Å²) in [6, 6.07) is 3.50. The fourth-order valence-corrected chi connectivity index (χ4v) is 2.49. The number of rotatable bonds is 6. The number of carbonyl (C=O) groups excluding carboxylic acids is 1. The molecule has 0 aliphatic carbocycles. The van der Waals surface area contributed by atoms with E-state index in [0.717, 1.165) is 39.0 Å². The van der Waals surface area contributed by atoms with E-state index in [9.17, 15) is 4.79 Å². The van der Waals surface area contributed by atoms with Crippen LogP contribution in [-0.4, -0.2) is 50.4 Å². The van der Waals surface area contributed by atoms with E-state index >= 15 is 0 Å². The maximum absolute atomic E-state index is 11.8. The highest BCUT2D eigenvalue weighted by molar-refractivity contribution is 5.94. The third-order valence-corrected chi connectivity index (χ3v) is 3.64. The lowest BCUT2D eigenvalue weighted by Crippen LogP contribution is -2.38. The Morgan fingerprint density at radius 2 is 2.24 bits per heavy atom. The molecule has 0 spiro atoms. The molecule has 1 aliphatic rings. The van der Waals surface area contributed by atoms with Gasteiger partial charge in [0.2, 0.25) is 0 Å². The van der Waals surface area contributed by atoms with Gasteiger partial charge in [-0.1, -0.05) is 0 Å². The third-order valence-electron chi connectivity index (χ3n) is 3.64. The molecule has 2 rings (SSSR count). The molecular formula is C15H23N3O3. The standard InChI is InChI=1S/C15H23N3O3/c1-20-15(19)13-4-2-8-17-14(13)18-9-5-12(6-10-18)21-11-3-7-16/h2,4,8,12H,3,5-7,9-11,16H2,1H3. The Bertz CT molecular complexity index is 459. The topological polar surface area (TPSA) is 77.7 Å². The Hall–Kier alpha value is -1.66. The number of aromatic nitrogens is 1. The van der Waals surface area contributed by atoms with Crippen molar-refractivity contribution in [1.82, 2.24) is 4.98 Å². The van der Waals surface area contributed by atoms with Gasteiger partial charge in [-0.3, -0.25) is 0 Å². The number of nitrogens with zero attached hydrogens (tertiary/aromatic N) is 2. The Morgan fingerprint density at radius 1 is 1.48 bits per heavy atom. The quantitative estimate of drug-likeness (QED) is 0.627. The first-order valence-corrected chi connectivity index (χ1v) is 7.36. The Balaban J connectivity index is 1.95. The average Bonchev–Trinajstić information content (AvgIpc) is 2.55. The van der Waals surface area contributed by atoms with Crippen molar-refractivity contribution in [3.05, 3.63) is 23.9 Å². The summed E-state index contributed by atoms with van der Waals surface area (Å²) in [5.74, 6) is 0.351. The van der Waals surface area contributed by atoms with Crippen molar-refractivity contribution >= 4 is 11.8 Å². The highest BCUT2D eigenvalue weighted by Crippen LogP contribution is 2.23. The van der Waals surface area contributed by atoms with Crippen molar-refractivity contribution in [2.75, 3.05) is 38.3 Å². The summed E-state index contributed by atoms with van der Waals surface area (Å²) in [5, 5.41) is 0. The maximum atomic E-state index is 11.8. The summed E-state index contributed by atoms with van der Waals surface area (Å²) in [5.41, 5.74) is 5.98. The van der Waals surface area contributed by atoms with Crippen LogP contribution in [0.2, 0.25) is 0 Å². The molecule has 0 amide bonds. The molecule has 1 fully saturated rings. The number of piperidine rings is 1. The normalized spacial score (nSPS) is 16.0. The number of nitrogens with two attached hydrogens (primary N) is 1. The van der Waals surface area contributed by atoms with Crippen LogP contribution in [0.1, 0.15) is 29.6 Å². The summed E-state index contributed by atoms with van der Waals surface area (Å²) >= 11 is 0. The van der Waals surface area contributed by atoms with E-state index < -0.39 is 0 Å². The van der Waals surface area contributed by atoms with Crippen LogP contribution in [0.5, 0.6) is 0 Å². The Kier molecular flexibility index (Phi) is 5.95. The average molecular weight is 293 g/mol. The van der Waals surface area contributed by atoms with Gasteiger partial charge >= 0.3 is 5.97 Å². The summed E-state index contributed by atoms with van der Waals surface area (Å²) in [6.45, 7) is 3.04. The summed E-state index contributed by atoms with van der Waals surface area (Å²) < 4.78 is 10.6. The second-order valence-electron chi connectivity index (χ2n) is 5.07. The van der Waals surface area contributed by atoms with E-state index in [1.807, 2.05) is 0 Å². The lowest BCUT2D eigenvalue weighted by Gasteiger charge is -2.33. The zero-order chi connectivity index (χ0) is 15.1. The molecule has 1 aromatic heterocycles. The summed E-state index contributed by atoms with van der Waals surface area (Å²) in [6.07, 6.45) is 4.74. The fourth-order valence-electron chi connectivity index (χ4n) is 2.49. The van der Waals surface area contributed by atoms with Gasteiger partial charge in [0.1, 0.15) is 11.4 Å². The first-order valence-electron chi connectivity index (χ1n) is 7.36. The van der Waals surface area contributed by atoms with Crippen LogP contribution in [0, 0.1) is 0 Å². The molecular weight excluding hydrogens is 270 g/mol. The van der Waals surface area contributed by atoms with E-state index in [-0.39, 0.29) is 12.1 Å². The zero-order valence-electron chi connectivity index (χ0n) is 12.5. The first-order chi connectivity index (χ1) is 10.3. The van der Waals surface area contributed by atoms with Crippen molar-refractivity contribution in [1.29, 1.82) is 0 Å². The largest absolute Gasteiger partial charge is 0.465 e. The number of hydrogen-bond acceptors (Lipinski definition) is 6. The predicted molar refractivity (Wildman–Crippen MR) is 80.4 cm³/mol. The van der Waals surface area contributed by atoms with Gasteiger partial charge in [0.25, 0.3) is 0 Å². The highest BCUT2D eigenvalue weighted by Gasteiger charge is 2.24. The van der Waals surface area contributed by atoms with Crippen molar-refractivity contribution in [3.8, 4) is 0 Å². The molecule has 0 aromatic carbocycles. The van der Waals surface area contributed by atoms with Crippen molar-refractivity contribution < 1.29 is 14.3 Å². The van der Waals surface area contributed by atoms with E-state index in [1.165, 1.54) is 7.11 Å². The van der Waals surface area contributed by atoms with E-state index in [4.69, 9.17) is 15.2 Å². The minimum atomic E-state index is -0.348. The molecule has 0 radical (unpaired) electrons. The van der Waals surface area contributed by atoms with Crippen molar-refractivity contribution in [2.45, 2.75) is 25.4 Å². The van der Waals surface area contributed by atoms with E-state index in [2.05, 4.69) is 9.88 Å². The van der Waals surface area contributed by atoms with Crippen LogP contribution < -0.4 is 10.6 Å². The van der Waals surface area contributed by atoms with Crippen molar-refractivity contribution in [2.24, 2.45) is 5.73 Å². The summed E-state index contributed by atoms with van der Waals surface area (Å²) in [7, 11) is 1.39. The number of esters is 1. The molecule has 6 heteroatoms. The van der Waals surface area contributed by atoms with E-state index in [0.29, 0.717) is 17.9 Å². The zero-order valence-corrected chi connectivity index (χ0v) is 12.5. The van der Waals surface area contributed by atoms with Crippen molar-refractivity contribution in [3.63, 3.8) is 0 Å². The molecule has 21 heavy (non-hydrogen) atoms. The van der Waals surface area contributed by atoms with Gasteiger partial charge < -0.3 is 20.1 Å². The van der Waals surface area contributed by atoms with Gasteiger partial charge in [-0.05, 0) is 37.9 Å². The number of hydrogen-bond donors (Lipinski definition) is 1. The van der Waals surface area contributed by atoms with E-state index in [1.54, 1.807) is 18.3 Å². The Labute approximate surface area is 125 Å². The number of carbonyl (C=O) groups is 1. The minimum Gasteiger partial charge on any atom is -0.465 e. The molecule has 2 heterocycles. The molecule has 0 atom stereocenters. The monoisotopic (exact) mass is 293 g/mol. The van der Waals surface area contributed by atoms with Crippen LogP contribution >= 0.6 is 0 Å². The molecule has 1 saturated heterocycles. The predicted octanol–water partition coefficient (Wildman–Crippen LogP) is 1.20. The van der Waals surface area contributed by atoms with Gasteiger partial charge in [-0.25, -0.2) is 9.78 Å². The van der Waals surface area contributed by atoms with Crippen LogP contribution in [0.3, 0.4) is 0 Å². The lowest BCUT2D eigenvalue weighted by atomic mass is 10.1. The molecule has 0 unspecified atom stereocenters. The SMILES string of the molecule is COC(=O)c1cccnc1N1CCC(OCCCN)CC1. The van der Waals surface area contributed by atoms with Crippen LogP contribution in [0.4, 0.5) is 5.82 Å². The molecule has 0 saturated carbocycles. The molecule has 2 N–H and O–H groups in total. The number of anilines is 1. The number of ether oxygens (including phenoxy) is 2. The second-order valence-corrected chi connectivity index (χ2v) is 5.07. The molecule has 0 bridgehead atoms. The van der Waals surface area contributed by atoms with Gasteiger partial charge in [0.15, 0.2) is 0 Å². The first kappa shape index (κ1) is 15.7. The number of pyridine rings is 1. The summed E-state index contributed by atoms with van der Waals surface area (Å²) in [4.78, 5) is 18.2. The van der Waals surface area contributed by atoms with Gasteiger partial charge in [0, 0.05) is 25.9 Å². The smallest absolute Gasteiger partial charge is 0.341 e. The molecule has 116 valence electrons. The van der Waals surface area contributed by atoms with Gasteiger partial charge in [-0.2, -0.15) is 0 Å². The van der Waals surface area contributed by atoms with Gasteiger partial charge in [0.05, 0.1) is 13.2 Å². The third kappa shape index (κ3) is 4.15. The second kappa shape index (κ2) is 7.95. The van der Waals surface area contributed by atoms with Gasteiger partial charge in [-0.15, -0.1) is 0 Å². The molecule has 1 aromatic rings. The minimum absolute atomic E-state index is 0.276. The van der Waals surface area contributed by atoms with Crippen LogP contribution in [0.25, 0.3) is 0 Å². The maximum Gasteiger partial charge on any atom is 0.341 e. The Morgan fingerprint density at radius 3 is 2.90 bits per heavy atom.